The second-order valence-corrected chi connectivity index (χ2v) is 8.10. The molecule has 0 unspecified atom stereocenters. The first-order valence-corrected chi connectivity index (χ1v) is 10.2. The van der Waals surface area contributed by atoms with Crippen LogP contribution in [0.25, 0.3) is 6.08 Å². The summed E-state index contributed by atoms with van der Waals surface area (Å²) in [6, 6.07) is 6.76. The van der Waals surface area contributed by atoms with Crippen LogP contribution in [0.3, 0.4) is 0 Å². The lowest BCUT2D eigenvalue weighted by molar-refractivity contribution is -0.123. The third kappa shape index (κ3) is 5.30. The zero-order valence-corrected chi connectivity index (χ0v) is 18.3. The number of carbonyl (C=O) groups excluding carboxylic acids is 3. The first kappa shape index (κ1) is 22.9. The van der Waals surface area contributed by atoms with Gasteiger partial charge in [-0.25, -0.2) is 4.39 Å². The minimum atomic E-state index is -0.683. The Balaban J connectivity index is 1.85. The Morgan fingerprint density at radius 3 is 2.61 bits per heavy atom. The number of benzene rings is 2. The molecule has 11 heteroatoms. The van der Waals surface area contributed by atoms with Gasteiger partial charge in [0.2, 0.25) is 0 Å². The topological polar surface area (TPSA) is 98.9 Å². The first-order valence-electron chi connectivity index (χ1n) is 8.67. The van der Waals surface area contributed by atoms with Crippen molar-refractivity contribution < 1.29 is 28.2 Å². The number of carbonyl (C=O) groups is 3. The van der Waals surface area contributed by atoms with E-state index in [-0.39, 0.29) is 39.6 Å². The standard InChI is InChI=1S/C20H15Cl2FN2O5S/c1-29-15-5-10(4-14(22)18(15)30-9-17(24)26)6-16-19(27)25(20(28)31-16)8-11-2-3-12(23)7-13(11)21/h2-7H,8-9H2,1H3,(H2,24,26)/b16-6-. The molecule has 0 bridgehead atoms. The van der Waals surface area contributed by atoms with E-state index in [1.165, 1.54) is 37.5 Å². The zero-order valence-electron chi connectivity index (χ0n) is 16.0. The molecule has 0 spiro atoms. The van der Waals surface area contributed by atoms with Crippen LogP contribution in [0.15, 0.2) is 35.2 Å². The van der Waals surface area contributed by atoms with Gasteiger partial charge in [0.1, 0.15) is 5.82 Å². The Kier molecular flexibility index (Phi) is 7.09. The highest BCUT2D eigenvalue weighted by atomic mass is 35.5. The van der Waals surface area contributed by atoms with E-state index < -0.39 is 22.9 Å². The van der Waals surface area contributed by atoms with Crippen LogP contribution in [-0.4, -0.2) is 35.7 Å². The van der Waals surface area contributed by atoms with Gasteiger partial charge < -0.3 is 15.2 Å². The van der Waals surface area contributed by atoms with Crippen LogP contribution in [0.2, 0.25) is 10.0 Å². The van der Waals surface area contributed by atoms with Crippen molar-refractivity contribution in [1.82, 2.24) is 4.90 Å². The summed E-state index contributed by atoms with van der Waals surface area (Å²) in [5.41, 5.74) is 5.98. The predicted octanol–water partition coefficient (Wildman–Crippen LogP) is 4.24. The number of thioether (sulfide) groups is 1. The van der Waals surface area contributed by atoms with Crippen molar-refractivity contribution in [3.63, 3.8) is 0 Å². The van der Waals surface area contributed by atoms with Crippen LogP contribution in [0, 0.1) is 5.82 Å². The van der Waals surface area contributed by atoms with E-state index in [1.54, 1.807) is 0 Å². The number of ether oxygens (including phenoxy) is 2. The van der Waals surface area contributed by atoms with Crippen LogP contribution in [0.5, 0.6) is 11.5 Å². The van der Waals surface area contributed by atoms with Crippen LogP contribution in [0.1, 0.15) is 11.1 Å². The summed E-state index contributed by atoms with van der Waals surface area (Å²) in [6.45, 7) is -0.481. The van der Waals surface area contributed by atoms with Crippen molar-refractivity contribution in [2.75, 3.05) is 13.7 Å². The number of halogens is 3. The normalized spacial score (nSPS) is 15.0. The quantitative estimate of drug-likeness (QED) is 0.589. The van der Waals surface area contributed by atoms with E-state index in [4.69, 9.17) is 38.4 Å². The second kappa shape index (κ2) is 9.59. The van der Waals surface area contributed by atoms with E-state index in [9.17, 15) is 18.8 Å². The molecule has 3 amide bonds. The van der Waals surface area contributed by atoms with Gasteiger partial charge >= 0.3 is 0 Å². The maximum atomic E-state index is 13.2. The fourth-order valence-corrected chi connectivity index (χ4v) is 4.05. The number of primary amides is 1. The Morgan fingerprint density at radius 2 is 1.97 bits per heavy atom. The van der Waals surface area contributed by atoms with E-state index in [0.717, 1.165) is 22.7 Å². The van der Waals surface area contributed by atoms with Gasteiger partial charge in [-0.2, -0.15) is 0 Å². The minimum absolute atomic E-state index is 0.0922. The lowest BCUT2D eigenvalue weighted by atomic mass is 10.1. The molecule has 1 saturated heterocycles. The molecule has 2 aromatic carbocycles. The molecule has 2 aromatic rings. The minimum Gasteiger partial charge on any atom is -0.493 e. The number of methoxy groups -OCH3 is 1. The number of nitrogens with zero attached hydrogens (tertiary/aromatic N) is 1. The Bertz CT molecular complexity index is 1110. The average Bonchev–Trinajstić information content (AvgIpc) is 2.95. The highest BCUT2D eigenvalue weighted by Gasteiger charge is 2.35. The van der Waals surface area contributed by atoms with Gasteiger partial charge in [0.15, 0.2) is 18.1 Å². The van der Waals surface area contributed by atoms with Crippen LogP contribution < -0.4 is 15.2 Å². The summed E-state index contributed by atoms with van der Waals surface area (Å²) in [7, 11) is 1.38. The summed E-state index contributed by atoms with van der Waals surface area (Å²) in [6.07, 6.45) is 1.48. The molecule has 3 rings (SSSR count). The fourth-order valence-electron chi connectivity index (χ4n) is 2.71. The van der Waals surface area contributed by atoms with Gasteiger partial charge in [-0.15, -0.1) is 0 Å². The van der Waals surface area contributed by atoms with Gasteiger partial charge in [0.25, 0.3) is 17.1 Å². The average molecular weight is 485 g/mol. The molecule has 162 valence electrons. The SMILES string of the molecule is COc1cc(/C=C2\SC(=O)N(Cc3ccc(F)cc3Cl)C2=O)cc(Cl)c1OCC(N)=O. The number of rotatable bonds is 7. The summed E-state index contributed by atoms with van der Waals surface area (Å²) in [5.74, 6) is -1.38. The molecule has 1 aliphatic rings. The number of amides is 3. The molecule has 1 aliphatic heterocycles. The molecule has 0 saturated carbocycles. The zero-order chi connectivity index (χ0) is 22.7. The monoisotopic (exact) mass is 484 g/mol. The molecular formula is C20H15Cl2FN2O5S. The molecule has 1 heterocycles. The van der Waals surface area contributed by atoms with E-state index >= 15 is 0 Å². The van der Waals surface area contributed by atoms with Gasteiger partial charge in [0.05, 0.1) is 23.6 Å². The molecule has 2 N–H and O–H groups in total. The number of hydrogen-bond donors (Lipinski definition) is 1. The number of hydrogen-bond acceptors (Lipinski definition) is 6. The van der Waals surface area contributed by atoms with Gasteiger partial charge in [0, 0.05) is 5.02 Å². The van der Waals surface area contributed by atoms with E-state index in [0.29, 0.717) is 11.1 Å². The maximum absolute atomic E-state index is 13.2. The lowest BCUT2D eigenvalue weighted by Crippen LogP contribution is -2.27. The summed E-state index contributed by atoms with van der Waals surface area (Å²) in [5, 5.41) is -0.244. The van der Waals surface area contributed by atoms with Gasteiger partial charge in [-0.3, -0.25) is 19.3 Å². The molecule has 0 aromatic heterocycles. The molecule has 1 fully saturated rings. The highest BCUT2D eigenvalue weighted by molar-refractivity contribution is 8.18. The van der Waals surface area contributed by atoms with Crippen LogP contribution in [0.4, 0.5) is 9.18 Å². The molecule has 0 radical (unpaired) electrons. The van der Waals surface area contributed by atoms with Gasteiger partial charge in [-0.05, 0) is 53.2 Å². The van der Waals surface area contributed by atoms with E-state index in [1.807, 2.05) is 0 Å². The molecule has 0 atom stereocenters. The molecule has 7 nitrogen and oxygen atoms in total. The van der Waals surface area contributed by atoms with Crippen LogP contribution in [-0.2, 0) is 16.1 Å². The lowest BCUT2D eigenvalue weighted by Gasteiger charge is -2.14. The molecular weight excluding hydrogens is 470 g/mol. The molecule has 0 aliphatic carbocycles. The second-order valence-electron chi connectivity index (χ2n) is 6.29. The predicted molar refractivity (Wildman–Crippen MR) is 116 cm³/mol. The molecule has 31 heavy (non-hydrogen) atoms. The third-order valence-corrected chi connectivity index (χ3v) is 5.67. The van der Waals surface area contributed by atoms with Gasteiger partial charge in [-0.1, -0.05) is 29.3 Å². The fraction of sp³-hybridized carbons (Fsp3) is 0.150. The maximum Gasteiger partial charge on any atom is 0.293 e. The van der Waals surface area contributed by atoms with Crippen molar-refractivity contribution in [3.05, 3.63) is 62.2 Å². The largest absolute Gasteiger partial charge is 0.493 e. The Morgan fingerprint density at radius 1 is 1.23 bits per heavy atom. The van der Waals surface area contributed by atoms with E-state index in [2.05, 4.69) is 0 Å². The Hall–Kier alpha value is -2.75. The number of nitrogens with two attached hydrogens (primary N) is 1. The Labute approximate surface area is 190 Å². The highest BCUT2D eigenvalue weighted by Crippen LogP contribution is 2.39. The van der Waals surface area contributed by atoms with Crippen molar-refractivity contribution in [3.8, 4) is 11.5 Å². The third-order valence-electron chi connectivity index (χ3n) is 4.13. The first-order chi connectivity index (χ1) is 14.7. The van der Waals surface area contributed by atoms with Crippen LogP contribution >= 0.6 is 35.0 Å². The van der Waals surface area contributed by atoms with Crippen molar-refractivity contribution in [2.24, 2.45) is 5.73 Å². The van der Waals surface area contributed by atoms with Crippen molar-refractivity contribution >= 4 is 58.1 Å². The van der Waals surface area contributed by atoms with Crippen molar-refractivity contribution in [1.29, 1.82) is 0 Å². The van der Waals surface area contributed by atoms with Crippen molar-refractivity contribution in [2.45, 2.75) is 6.54 Å². The smallest absolute Gasteiger partial charge is 0.293 e. The number of imide groups is 1. The summed E-state index contributed by atoms with van der Waals surface area (Å²) in [4.78, 5) is 37.2. The summed E-state index contributed by atoms with van der Waals surface area (Å²) < 4.78 is 23.7. The summed E-state index contributed by atoms with van der Waals surface area (Å²) >= 11 is 13.0.